The van der Waals surface area contributed by atoms with E-state index in [1.807, 2.05) is 30.3 Å². The Morgan fingerprint density at radius 3 is 2.66 bits per heavy atom. The zero-order valence-corrected chi connectivity index (χ0v) is 21.3. The monoisotopic (exact) mass is 494 g/mol. The smallest absolute Gasteiger partial charge is 0.296 e. The predicted octanol–water partition coefficient (Wildman–Crippen LogP) is 4.11. The summed E-state index contributed by atoms with van der Waals surface area (Å²) in [5, 5.41) is 18.5. The number of fused-ring (bicyclic) bond motifs is 3. The lowest BCUT2D eigenvalue weighted by Crippen LogP contribution is -2.58. The van der Waals surface area contributed by atoms with E-state index in [0.29, 0.717) is 39.2 Å². The summed E-state index contributed by atoms with van der Waals surface area (Å²) >= 11 is 1.46. The molecule has 0 saturated carbocycles. The number of hydrogen-bond donors (Lipinski definition) is 0. The van der Waals surface area contributed by atoms with Crippen molar-refractivity contribution in [2.75, 3.05) is 24.9 Å². The third-order valence-corrected chi connectivity index (χ3v) is 6.93. The van der Waals surface area contributed by atoms with Gasteiger partial charge in [-0.2, -0.15) is 0 Å². The summed E-state index contributed by atoms with van der Waals surface area (Å²) in [4.78, 5) is 19.0. The number of benzene rings is 2. The second kappa shape index (κ2) is 10.9. The van der Waals surface area contributed by atoms with E-state index < -0.39 is 6.17 Å². The average molecular weight is 495 g/mol. The van der Waals surface area contributed by atoms with Gasteiger partial charge in [-0.3, -0.25) is 4.79 Å². The molecule has 0 fully saturated rings. The van der Waals surface area contributed by atoms with Crippen LogP contribution in [0.5, 0.6) is 17.4 Å². The molecule has 0 spiro atoms. The molecule has 9 heteroatoms. The van der Waals surface area contributed by atoms with Gasteiger partial charge in [-0.15, -0.1) is 0 Å². The fourth-order valence-electron chi connectivity index (χ4n) is 4.34. The van der Waals surface area contributed by atoms with Gasteiger partial charge in [0.25, 0.3) is 17.0 Å². The van der Waals surface area contributed by atoms with Crippen molar-refractivity contribution in [3.05, 3.63) is 48.0 Å². The molecule has 1 amide bonds. The Hall–Kier alpha value is -3.33. The van der Waals surface area contributed by atoms with Crippen LogP contribution in [0, 0.1) is 0 Å². The first-order valence-electron chi connectivity index (χ1n) is 11.7. The molecule has 2 heterocycles. The van der Waals surface area contributed by atoms with Crippen LogP contribution in [0.25, 0.3) is 11.3 Å². The molecule has 1 aliphatic heterocycles. The van der Waals surface area contributed by atoms with Crippen molar-refractivity contribution >= 4 is 23.4 Å². The molecule has 0 radical (unpaired) electrons. The molecule has 1 unspecified atom stereocenters. The molecule has 8 nitrogen and oxygen atoms in total. The van der Waals surface area contributed by atoms with Crippen LogP contribution in [0.2, 0.25) is 0 Å². The number of methoxy groups -OCH3 is 2. The van der Waals surface area contributed by atoms with Gasteiger partial charge in [0.1, 0.15) is 11.5 Å². The summed E-state index contributed by atoms with van der Waals surface area (Å²) in [7, 11) is 3.15. The topological polar surface area (TPSA) is 91.5 Å². The number of hydrogen-bond acceptors (Lipinski definition) is 7. The molecule has 2 aromatic carbocycles. The number of ether oxygens (including phenoxy) is 2. The maximum Gasteiger partial charge on any atom is 0.296 e. The van der Waals surface area contributed by atoms with Gasteiger partial charge in [0.15, 0.2) is 0 Å². The quantitative estimate of drug-likeness (QED) is 0.251. The number of carbonyl (C=O) groups is 1. The van der Waals surface area contributed by atoms with Gasteiger partial charge in [0.05, 0.1) is 36.9 Å². The lowest BCUT2D eigenvalue weighted by atomic mass is 10.0. The molecule has 184 valence electrons. The normalized spacial score (nSPS) is 14.3. The molecule has 4 rings (SSSR count). The highest BCUT2D eigenvalue weighted by Gasteiger charge is 2.45. The van der Waals surface area contributed by atoms with Gasteiger partial charge in [0, 0.05) is 23.8 Å². The summed E-state index contributed by atoms with van der Waals surface area (Å²) in [5.41, 5.74) is 2.28. The molecular weight excluding hydrogens is 464 g/mol. The van der Waals surface area contributed by atoms with E-state index in [1.165, 1.54) is 25.1 Å². The van der Waals surface area contributed by atoms with Gasteiger partial charge >= 0.3 is 0 Å². The van der Waals surface area contributed by atoms with Gasteiger partial charge < -0.3 is 14.6 Å². The molecule has 0 aliphatic carbocycles. The zero-order valence-electron chi connectivity index (χ0n) is 20.5. The highest BCUT2D eigenvalue weighted by Crippen LogP contribution is 2.43. The molecule has 3 aromatic rings. The first-order chi connectivity index (χ1) is 17.0. The number of rotatable bonds is 9. The van der Waals surface area contributed by atoms with Crippen LogP contribution in [0.3, 0.4) is 0 Å². The van der Waals surface area contributed by atoms with Crippen LogP contribution in [0.15, 0.2) is 47.6 Å². The molecular formula is C26H30N4O4S. The number of amides is 1. The standard InChI is InChI=1S/C26H30N4O4S/c1-5-6-7-10-15-35-26-27-24(32)23-19-11-8-9-12-21(19)29(17(2)31)25(30(23)28-26)20-14-13-18(33-3)16-22(20)34-4/h8-9,11-14,16,25H,5-7,10,15H2,1-4H3. The van der Waals surface area contributed by atoms with Crippen LogP contribution in [0.4, 0.5) is 5.69 Å². The summed E-state index contributed by atoms with van der Waals surface area (Å²) in [6.45, 7) is 3.68. The number of nitrogens with zero attached hydrogens (tertiary/aromatic N) is 4. The fourth-order valence-corrected chi connectivity index (χ4v) is 5.17. The Balaban J connectivity index is 1.89. The Bertz CT molecular complexity index is 1220. The minimum absolute atomic E-state index is 0.182. The van der Waals surface area contributed by atoms with Crippen LogP contribution >= 0.6 is 11.8 Å². The van der Waals surface area contributed by atoms with E-state index >= 15 is 0 Å². The lowest BCUT2D eigenvalue weighted by molar-refractivity contribution is -0.764. The van der Waals surface area contributed by atoms with Gasteiger partial charge in [-0.25, -0.2) is 9.88 Å². The number of anilines is 1. The Labute approximate surface area is 209 Å². The Morgan fingerprint density at radius 2 is 1.94 bits per heavy atom. The van der Waals surface area contributed by atoms with Crippen molar-refractivity contribution in [1.29, 1.82) is 0 Å². The van der Waals surface area contributed by atoms with Crippen LogP contribution in [-0.2, 0) is 4.79 Å². The summed E-state index contributed by atoms with van der Waals surface area (Å²) in [6.07, 6.45) is 3.76. The van der Waals surface area contributed by atoms with Crippen LogP contribution in [-0.4, -0.2) is 36.0 Å². The maximum absolute atomic E-state index is 13.4. The van der Waals surface area contributed by atoms with E-state index in [2.05, 4.69) is 11.9 Å². The fraction of sp³-hybridized carbons (Fsp3) is 0.385. The molecule has 0 saturated heterocycles. The minimum atomic E-state index is -0.728. The van der Waals surface area contributed by atoms with E-state index in [1.54, 1.807) is 35.9 Å². The summed E-state index contributed by atoms with van der Waals surface area (Å²) < 4.78 is 12.7. The summed E-state index contributed by atoms with van der Waals surface area (Å²) in [6, 6.07) is 12.7. The van der Waals surface area contributed by atoms with Gasteiger partial charge in [-0.05, 0) is 30.7 Å². The molecule has 1 aliphatic rings. The number of para-hydroxylation sites is 1. The third kappa shape index (κ3) is 4.91. The van der Waals surface area contributed by atoms with Crippen molar-refractivity contribution < 1.29 is 24.1 Å². The Kier molecular flexibility index (Phi) is 7.75. The third-order valence-electron chi connectivity index (χ3n) is 6.00. The summed E-state index contributed by atoms with van der Waals surface area (Å²) in [5.74, 6) is 1.42. The van der Waals surface area contributed by atoms with Crippen LogP contribution < -0.4 is 24.2 Å². The van der Waals surface area contributed by atoms with Crippen LogP contribution in [0.1, 0.15) is 51.3 Å². The van der Waals surface area contributed by atoms with E-state index in [-0.39, 0.29) is 11.8 Å². The highest BCUT2D eigenvalue weighted by atomic mass is 32.2. The minimum Gasteiger partial charge on any atom is -0.854 e. The molecule has 0 bridgehead atoms. The van der Waals surface area contributed by atoms with E-state index in [0.717, 1.165) is 25.0 Å². The van der Waals surface area contributed by atoms with Crippen molar-refractivity contribution in [2.45, 2.75) is 50.9 Å². The van der Waals surface area contributed by atoms with Crippen molar-refractivity contribution in [1.82, 2.24) is 10.1 Å². The number of carbonyl (C=O) groups excluding carboxylic acids is 1. The van der Waals surface area contributed by atoms with Crippen molar-refractivity contribution in [3.8, 4) is 28.6 Å². The first-order valence-corrected chi connectivity index (χ1v) is 12.7. The molecule has 1 atom stereocenters. The molecule has 1 aromatic heterocycles. The average Bonchev–Trinajstić information content (AvgIpc) is 2.87. The SMILES string of the molecule is CCCCCCSc1nc([O-])c2[n+](n1)C(c1ccc(OC)cc1OC)N(C(C)=O)c1ccccc1-2. The van der Waals surface area contributed by atoms with E-state index in [9.17, 15) is 9.90 Å². The lowest BCUT2D eigenvalue weighted by Gasteiger charge is -2.33. The molecule has 0 N–H and O–H groups in total. The number of unbranched alkanes of at least 4 members (excludes halogenated alkanes) is 3. The highest BCUT2D eigenvalue weighted by molar-refractivity contribution is 7.99. The Morgan fingerprint density at radius 1 is 1.14 bits per heavy atom. The van der Waals surface area contributed by atoms with Gasteiger partial charge in [0.2, 0.25) is 5.91 Å². The second-order valence-electron chi connectivity index (χ2n) is 8.29. The first kappa shape index (κ1) is 24.8. The van der Waals surface area contributed by atoms with Crippen molar-refractivity contribution in [3.63, 3.8) is 0 Å². The zero-order chi connectivity index (χ0) is 24.9. The number of thioether (sulfide) groups is 1. The maximum atomic E-state index is 13.4. The second-order valence-corrected chi connectivity index (χ2v) is 9.35. The predicted molar refractivity (Wildman–Crippen MR) is 133 cm³/mol. The van der Waals surface area contributed by atoms with Crippen molar-refractivity contribution in [2.24, 2.45) is 0 Å². The largest absolute Gasteiger partial charge is 0.854 e. The molecule has 35 heavy (non-hydrogen) atoms. The number of aromatic nitrogens is 3. The van der Waals surface area contributed by atoms with E-state index in [4.69, 9.17) is 14.6 Å². The van der Waals surface area contributed by atoms with Gasteiger partial charge in [-0.1, -0.05) is 54.8 Å².